The van der Waals surface area contributed by atoms with Crippen LogP contribution < -0.4 is 15.6 Å². The predicted molar refractivity (Wildman–Crippen MR) is 121 cm³/mol. The Hall–Kier alpha value is -3.45. The number of carbonyl (C=O) groups is 3. The summed E-state index contributed by atoms with van der Waals surface area (Å²) in [4.78, 5) is 36.1. The van der Waals surface area contributed by atoms with Crippen LogP contribution in [0, 0.1) is 0 Å². The zero-order valence-electron chi connectivity index (χ0n) is 16.6. The monoisotopic (exact) mass is 480 g/mol. The van der Waals surface area contributed by atoms with Crippen LogP contribution in [0.25, 0.3) is 11.1 Å². The molecule has 0 atom stereocenters. The van der Waals surface area contributed by atoms with Gasteiger partial charge in [-0.3, -0.25) is 25.2 Å². The van der Waals surface area contributed by atoms with Crippen molar-refractivity contribution in [3.63, 3.8) is 0 Å². The Morgan fingerprint density at radius 1 is 0.742 bits per heavy atom. The number of amides is 2. The van der Waals surface area contributed by atoms with Crippen molar-refractivity contribution in [1.82, 2.24) is 10.9 Å². The topological polar surface area (TPSA) is 84.5 Å². The maximum absolute atomic E-state index is 12.1. The third kappa shape index (κ3) is 6.79. The van der Waals surface area contributed by atoms with Crippen LogP contribution in [-0.4, -0.2) is 24.2 Å². The first-order chi connectivity index (χ1) is 15.0. The Kier molecular flexibility index (Phi) is 7.95. The van der Waals surface area contributed by atoms with Crippen LogP contribution in [0.15, 0.2) is 83.3 Å². The summed E-state index contributed by atoms with van der Waals surface area (Å²) in [6.45, 7) is -0.262. The Balaban J connectivity index is 1.43. The molecule has 3 aromatic carbocycles. The molecule has 0 unspecified atom stereocenters. The average Bonchev–Trinajstić information content (AvgIpc) is 2.81. The van der Waals surface area contributed by atoms with Gasteiger partial charge in [-0.15, -0.1) is 0 Å². The van der Waals surface area contributed by atoms with Gasteiger partial charge in [-0.25, -0.2) is 0 Å². The van der Waals surface area contributed by atoms with Crippen molar-refractivity contribution in [2.24, 2.45) is 0 Å². The van der Waals surface area contributed by atoms with Crippen molar-refractivity contribution in [2.45, 2.75) is 12.8 Å². The van der Waals surface area contributed by atoms with Gasteiger partial charge < -0.3 is 4.74 Å². The lowest BCUT2D eigenvalue weighted by atomic mass is 10.1. The van der Waals surface area contributed by atoms with Crippen molar-refractivity contribution < 1.29 is 19.1 Å². The van der Waals surface area contributed by atoms with Gasteiger partial charge >= 0.3 is 0 Å². The van der Waals surface area contributed by atoms with Crippen LogP contribution in [0.1, 0.15) is 23.2 Å². The zero-order valence-corrected chi connectivity index (χ0v) is 18.2. The van der Waals surface area contributed by atoms with E-state index in [0.717, 1.165) is 15.6 Å². The number of benzene rings is 3. The van der Waals surface area contributed by atoms with Crippen LogP contribution in [0.2, 0.25) is 0 Å². The normalized spacial score (nSPS) is 10.2. The minimum Gasteiger partial charge on any atom is -0.483 e. The van der Waals surface area contributed by atoms with E-state index in [1.807, 2.05) is 48.5 Å². The predicted octanol–water partition coefficient (Wildman–Crippen LogP) is 4.31. The summed E-state index contributed by atoms with van der Waals surface area (Å²) in [5, 5.41) is 0. The van der Waals surface area contributed by atoms with Gasteiger partial charge in [0.1, 0.15) is 5.75 Å². The molecule has 0 aliphatic carbocycles. The van der Waals surface area contributed by atoms with E-state index in [1.165, 1.54) is 0 Å². The molecule has 7 heteroatoms. The van der Waals surface area contributed by atoms with E-state index >= 15 is 0 Å². The van der Waals surface area contributed by atoms with Gasteiger partial charge in [0.2, 0.25) is 5.91 Å². The van der Waals surface area contributed by atoms with Crippen LogP contribution >= 0.6 is 15.9 Å². The first kappa shape index (κ1) is 22.2. The van der Waals surface area contributed by atoms with E-state index in [0.29, 0.717) is 11.3 Å². The van der Waals surface area contributed by atoms with Crippen molar-refractivity contribution >= 4 is 33.5 Å². The van der Waals surface area contributed by atoms with Gasteiger partial charge in [-0.1, -0.05) is 76.6 Å². The Labute approximate surface area is 188 Å². The number of Topliss-reactive ketones (excluding diaryl/α,β-unsaturated/α-hetero) is 1. The second-order valence-electron chi connectivity index (χ2n) is 6.68. The molecule has 0 saturated heterocycles. The molecule has 0 saturated carbocycles. The minimum atomic E-state index is -0.504. The third-order valence-electron chi connectivity index (χ3n) is 4.42. The molecule has 0 aromatic heterocycles. The number of nitrogens with one attached hydrogen (secondary N) is 2. The average molecular weight is 481 g/mol. The highest BCUT2D eigenvalue weighted by atomic mass is 79.9. The van der Waals surface area contributed by atoms with E-state index in [-0.39, 0.29) is 25.2 Å². The highest BCUT2D eigenvalue weighted by Gasteiger charge is 2.11. The molecule has 6 nitrogen and oxygen atoms in total. The number of para-hydroxylation sites is 1. The molecule has 3 aromatic rings. The van der Waals surface area contributed by atoms with Crippen molar-refractivity contribution in [3.8, 4) is 16.9 Å². The van der Waals surface area contributed by atoms with Crippen molar-refractivity contribution in [2.75, 3.05) is 6.61 Å². The Morgan fingerprint density at radius 3 is 2.13 bits per heavy atom. The van der Waals surface area contributed by atoms with Crippen molar-refractivity contribution in [3.05, 3.63) is 88.9 Å². The van der Waals surface area contributed by atoms with Crippen LogP contribution in [-0.2, 0) is 9.59 Å². The van der Waals surface area contributed by atoms with Gasteiger partial charge in [0.15, 0.2) is 12.4 Å². The molecular formula is C24H21BrN2O4. The van der Waals surface area contributed by atoms with E-state index in [9.17, 15) is 14.4 Å². The van der Waals surface area contributed by atoms with Gasteiger partial charge in [0.25, 0.3) is 5.91 Å². The van der Waals surface area contributed by atoms with Crippen LogP contribution in [0.5, 0.6) is 5.75 Å². The maximum atomic E-state index is 12.1. The van der Waals surface area contributed by atoms with E-state index in [2.05, 4.69) is 26.8 Å². The molecule has 0 aliphatic rings. The summed E-state index contributed by atoms with van der Waals surface area (Å²) in [5.74, 6) is -0.538. The lowest BCUT2D eigenvalue weighted by Crippen LogP contribution is -2.43. The molecule has 0 radical (unpaired) electrons. The summed E-state index contributed by atoms with van der Waals surface area (Å²) in [6.07, 6.45) is 0.0111. The standard InChI is InChI=1S/C24H21BrN2O4/c25-19-12-10-18(11-13-19)21(28)14-15-23(29)26-27-24(30)16-31-22-9-5-4-8-20(22)17-6-2-1-3-7-17/h1-13H,14-16H2,(H,26,29)(H,27,30). The maximum Gasteiger partial charge on any atom is 0.276 e. The lowest BCUT2D eigenvalue weighted by Gasteiger charge is -2.12. The first-order valence-electron chi connectivity index (χ1n) is 9.66. The molecule has 2 amide bonds. The fourth-order valence-electron chi connectivity index (χ4n) is 2.84. The smallest absolute Gasteiger partial charge is 0.276 e. The largest absolute Gasteiger partial charge is 0.483 e. The fraction of sp³-hybridized carbons (Fsp3) is 0.125. The fourth-order valence-corrected chi connectivity index (χ4v) is 3.10. The van der Waals surface area contributed by atoms with Crippen LogP contribution in [0.3, 0.4) is 0 Å². The molecule has 0 spiro atoms. The number of halogens is 1. The SMILES string of the molecule is O=C(CCC(=O)c1ccc(Br)cc1)NNC(=O)COc1ccccc1-c1ccccc1. The summed E-state index contributed by atoms with van der Waals surface area (Å²) >= 11 is 3.31. The minimum absolute atomic E-state index is 0.0348. The molecule has 31 heavy (non-hydrogen) atoms. The Bertz CT molecular complexity index is 1050. The molecule has 2 N–H and O–H groups in total. The number of rotatable bonds is 8. The third-order valence-corrected chi connectivity index (χ3v) is 4.95. The van der Waals surface area contributed by atoms with E-state index < -0.39 is 11.8 Å². The van der Waals surface area contributed by atoms with E-state index in [4.69, 9.17) is 4.74 Å². The zero-order chi connectivity index (χ0) is 22.1. The summed E-state index contributed by atoms with van der Waals surface area (Å²) in [7, 11) is 0. The van der Waals surface area contributed by atoms with Crippen LogP contribution in [0.4, 0.5) is 0 Å². The van der Waals surface area contributed by atoms with Gasteiger partial charge in [0.05, 0.1) is 0 Å². The second kappa shape index (κ2) is 11.1. The molecule has 0 bridgehead atoms. The number of hydrogen-bond donors (Lipinski definition) is 2. The molecule has 158 valence electrons. The number of ketones is 1. The lowest BCUT2D eigenvalue weighted by molar-refractivity contribution is -0.130. The van der Waals surface area contributed by atoms with Gasteiger partial charge in [-0.05, 0) is 23.8 Å². The number of ether oxygens (including phenoxy) is 1. The highest BCUT2D eigenvalue weighted by molar-refractivity contribution is 9.10. The summed E-state index contributed by atoms with van der Waals surface area (Å²) in [6, 6.07) is 24.0. The summed E-state index contributed by atoms with van der Waals surface area (Å²) < 4.78 is 6.50. The molecule has 0 heterocycles. The molecule has 0 aliphatic heterocycles. The molecular weight excluding hydrogens is 460 g/mol. The molecule has 3 rings (SSSR count). The molecule has 0 fully saturated rings. The second-order valence-corrected chi connectivity index (χ2v) is 7.59. The number of hydrazine groups is 1. The van der Waals surface area contributed by atoms with Crippen molar-refractivity contribution in [1.29, 1.82) is 0 Å². The Morgan fingerprint density at radius 2 is 1.39 bits per heavy atom. The number of carbonyl (C=O) groups excluding carboxylic acids is 3. The first-order valence-corrected chi connectivity index (χ1v) is 10.5. The summed E-state index contributed by atoms with van der Waals surface area (Å²) in [5.41, 5.74) is 6.98. The number of hydrogen-bond acceptors (Lipinski definition) is 4. The highest BCUT2D eigenvalue weighted by Crippen LogP contribution is 2.29. The van der Waals surface area contributed by atoms with Gasteiger partial charge in [0, 0.05) is 28.4 Å². The quantitative estimate of drug-likeness (QED) is 0.371. The van der Waals surface area contributed by atoms with Gasteiger partial charge in [-0.2, -0.15) is 0 Å². The van der Waals surface area contributed by atoms with E-state index in [1.54, 1.807) is 30.3 Å².